The van der Waals surface area contributed by atoms with Gasteiger partial charge < -0.3 is 4.74 Å². The van der Waals surface area contributed by atoms with Crippen LogP contribution in [0.15, 0.2) is 30.6 Å². The van der Waals surface area contributed by atoms with Crippen LogP contribution in [0.5, 0.6) is 5.88 Å². The van der Waals surface area contributed by atoms with Crippen molar-refractivity contribution in [1.29, 1.82) is 5.26 Å². The number of ether oxygens (including phenoxy) is 1. The first kappa shape index (κ1) is 14.2. The van der Waals surface area contributed by atoms with E-state index in [-0.39, 0.29) is 0 Å². The molecular weight excluding hydrogens is 306 g/mol. The number of thiophene rings is 1. The average Bonchev–Trinajstić information content (AvgIpc) is 2.99. The summed E-state index contributed by atoms with van der Waals surface area (Å²) in [4.78, 5) is 11.2. The molecule has 0 unspecified atom stereocenters. The van der Waals surface area contributed by atoms with Crippen molar-refractivity contribution in [3.05, 3.63) is 52.2 Å². The largest absolute Gasteiger partial charge is 0.472 e. The van der Waals surface area contributed by atoms with Crippen molar-refractivity contribution in [2.75, 3.05) is 0 Å². The topological polar surface area (TPSA) is 58.8 Å². The van der Waals surface area contributed by atoms with Crippen molar-refractivity contribution in [2.45, 2.75) is 32.3 Å². The molecule has 1 aromatic carbocycles. The van der Waals surface area contributed by atoms with Crippen LogP contribution in [0, 0.1) is 11.3 Å². The molecule has 0 N–H and O–H groups in total. The zero-order valence-corrected chi connectivity index (χ0v) is 13.4. The number of aromatic nitrogens is 2. The number of fused-ring (bicyclic) bond motifs is 3. The van der Waals surface area contributed by atoms with Crippen molar-refractivity contribution in [3.8, 4) is 11.9 Å². The van der Waals surface area contributed by atoms with E-state index in [2.05, 4.69) is 16.0 Å². The van der Waals surface area contributed by atoms with Gasteiger partial charge in [-0.05, 0) is 37.3 Å². The van der Waals surface area contributed by atoms with E-state index in [1.54, 1.807) is 23.7 Å². The molecule has 0 radical (unpaired) electrons. The van der Waals surface area contributed by atoms with Gasteiger partial charge in [-0.3, -0.25) is 0 Å². The molecule has 3 aromatic rings. The van der Waals surface area contributed by atoms with Gasteiger partial charge in [0.1, 0.15) is 17.8 Å². The number of nitriles is 1. The molecule has 1 aliphatic carbocycles. The Morgan fingerprint density at radius 1 is 1.17 bits per heavy atom. The van der Waals surface area contributed by atoms with Gasteiger partial charge in [0.25, 0.3) is 0 Å². The number of nitrogens with zero attached hydrogens (tertiary/aromatic N) is 3. The maximum atomic E-state index is 9.18. The summed E-state index contributed by atoms with van der Waals surface area (Å²) in [7, 11) is 0. The molecule has 114 valence electrons. The van der Waals surface area contributed by atoms with Crippen LogP contribution in [0.2, 0.25) is 0 Å². The first-order chi connectivity index (χ1) is 11.4. The van der Waals surface area contributed by atoms with Crippen molar-refractivity contribution in [1.82, 2.24) is 9.97 Å². The quantitative estimate of drug-likeness (QED) is 0.731. The average molecular weight is 321 g/mol. The van der Waals surface area contributed by atoms with Crippen molar-refractivity contribution < 1.29 is 4.74 Å². The van der Waals surface area contributed by atoms with Crippen LogP contribution in [0.4, 0.5) is 0 Å². The summed E-state index contributed by atoms with van der Waals surface area (Å²) in [6, 6.07) is 9.71. The van der Waals surface area contributed by atoms with Gasteiger partial charge in [-0.2, -0.15) is 5.26 Å². The third kappa shape index (κ3) is 2.55. The van der Waals surface area contributed by atoms with Gasteiger partial charge in [0.2, 0.25) is 5.88 Å². The predicted octanol–water partition coefficient (Wildman–Crippen LogP) is 4.02. The van der Waals surface area contributed by atoms with Gasteiger partial charge in [0.05, 0.1) is 17.0 Å². The SMILES string of the molecule is N#Cc1ccccc1COc1ncnc2sc3c(c12)CCCC3. The van der Waals surface area contributed by atoms with E-state index in [1.807, 2.05) is 18.2 Å². The minimum absolute atomic E-state index is 0.348. The normalized spacial score (nSPS) is 13.5. The van der Waals surface area contributed by atoms with Crippen LogP contribution in [0.1, 0.15) is 34.4 Å². The fraction of sp³-hybridized carbons (Fsp3) is 0.278. The Balaban J connectivity index is 1.69. The summed E-state index contributed by atoms with van der Waals surface area (Å²) in [5.41, 5.74) is 2.89. The predicted molar refractivity (Wildman–Crippen MR) is 89.5 cm³/mol. The number of benzene rings is 1. The summed E-state index contributed by atoms with van der Waals surface area (Å²) < 4.78 is 5.98. The molecule has 0 saturated heterocycles. The summed E-state index contributed by atoms with van der Waals surface area (Å²) in [6.45, 7) is 0.348. The number of hydrogen-bond donors (Lipinski definition) is 0. The van der Waals surface area contributed by atoms with Crippen molar-refractivity contribution in [2.24, 2.45) is 0 Å². The van der Waals surface area contributed by atoms with Gasteiger partial charge in [-0.25, -0.2) is 9.97 Å². The van der Waals surface area contributed by atoms with E-state index in [9.17, 15) is 5.26 Å². The highest BCUT2D eigenvalue weighted by Gasteiger charge is 2.20. The molecule has 0 atom stereocenters. The van der Waals surface area contributed by atoms with E-state index < -0.39 is 0 Å². The summed E-state index contributed by atoms with van der Waals surface area (Å²) in [5, 5.41) is 10.3. The van der Waals surface area contributed by atoms with Gasteiger partial charge in [0, 0.05) is 10.4 Å². The summed E-state index contributed by atoms with van der Waals surface area (Å²) >= 11 is 1.76. The second-order valence-electron chi connectivity index (χ2n) is 5.63. The number of hydrogen-bond acceptors (Lipinski definition) is 5. The zero-order chi connectivity index (χ0) is 15.6. The number of rotatable bonds is 3. The molecule has 4 nitrogen and oxygen atoms in total. The Bertz CT molecular complexity index is 910. The lowest BCUT2D eigenvalue weighted by atomic mass is 9.97. The van der Waals surface area contributed by atoms with Gasteiger partial charge in [-0.15, -0.1) is 11.3 Å². The maximum absolute atomic E-state index is 9.18. The van der Waals surface area contributed by atoms with Crippen molar-refractivity contribution >= 4 is 21.6 Å². The monoisotopic (exact) mass is 321 g/mol. The van der Waals surface area contributed by atoms with E-state index in [4.69, 9.17) is 4.74 Å². The molecule has 4 rings (SSSR count). The lowest BCUT2D eigenvalue weighted by Gasteiger charge is -2.12. The second-order valence-corrected chi connectivity index (χ2v) is 6.71. The van der Waals surface area contributed by atoms with E-state index in [0.717, 1.165) is 28.6 Å². The lowest BCUT2D eigenvalue weighted by molar-refractivity contribution is 0.297. The molecule has 1 aliphatic rings. The van der Waals surface area contributed by atoms with Crippen molar-refractivity contribution in [3.63, 3.8) is 0 Å². The third-order valence-electron chi connectivity index (χ3n) is 4.22. The lowest BCUT2D eigenvalue weighted by Crippen LogP contribution is -2.02. The van der Waals surface area contributed by atoms with Crippen LogP contribution in [-0.2, 0) is 19.4 Å². The van der Waals surface area contributed by atoms with Gasteiger partial charge in [-0.1, -0.05) is 18.2 Å². The van der Waals surface area contributed by atoms with Gasteiger partial charge >= 0.3 is 0 Å². The fourth-order valence-electron chi connectivity index (χ4n) is 3.07. The van der Waals surface area contributed by atoms with E-state index in [0.29, 0.717) is 18.1 Å². The third-order valence-corrected chi connectivity index (χ3v) is 5.42. The highest BCUT2D eigenvalue weighted by molar-refractivity contribution is 7.18. The van der Waals surface area contributed by atoms with Crippen LogP contribution in [0.3, 0.4) is 0 Å². The minimum Gasteiger partial charge on any atom is -0.472 e. The number of aryl methyl sites for hydroxylation is 2. The fourth-order valence-corrected chi connectivity index (χ4v) is 4.29. The highest BCUT2D eigenvalue weighted by atomic mass is 32.1. The van der Waals surface area contributed by atoms with Crippen LogP contribution < -0.4 is 4.74 Å². The van der Waals surface area contributed by atoms with Crippen LogP contribution in [0.25, 0.3) is 10.2 Å². The molecule has 2 heterocycles. The molecule has 0 aliphatic heterocycles. The molecule has 5 heteroatoms. The second kappa shape index (κ2) is 5.98. The first-order valence-electron chi connectivity index (χ1n) is 7.73. The summed E-state index contributed by atoms with van der Waals surface area (Å²) in [5.74, 6) is 0.641. The molecule has 0 spiro atoms. The Morgan fingerprint density at radius 3 is 2.96 bits per heavy atom. The first-order valence-corrected chi connectivity index (χ1v) is 8.54. The molecule has 0 fully saturated rings. The standard InChI is InChI=1S/C18H15N3OS/c19-9-12-5-1-2-6-13(12)10-22-17-16-14-7-3-4-8-15(14)23-18(16)21-11-20-17/h1-2,5-6,11H,3-4,7-8,10H2. The summed E-state index contributed by atoms with van der Waals surface area (Å²) in [6.07, 6.45) is 6.24. The Morgan fingerprint density at radius 2 is 2.04 bits per heavy atom. The zero-order valence-electron chi connectivity index (χ0n) is 12.6. The van der Waals surface area contributed by atoms with Crippen LogP contribution in [-0.4, -0.2) is 9.97 Å². The smallest absolute Gasteiger partial charge is 0.225 e. The Hall–Kier alpha value is -2.45. The Kier molecular flexibility index (Phi) is 3.68. The Labute approximate surface area is 138 Å². The molecule has 23 heavy (non-hydrogen) atoms. The maximum Gasteiger partial charge on any atom is 0.225 e. The molecule has 0 amide bonds. The minimum atomic E-state index is 0.348. The van der Waals surface area contributed by atoms with Crippen LogP contribution >= 0.6 is 11.3 Å². The van der Waals surface area contributed by atoms with E-state index >= 15 is 0 Å². The van der Waals surface area contributed by atoms with E-state index in [1.165, 1.54) is 23.3 Å². The molecular formula is C18H15N3OS. The molecule has 2 aromatic heterocycles. The molecule has 0 bridgehead atoms. The van der Waals surface area contributed by atoms with Gasteiger partial charge in [0.15, 0.2) is 0 Å². The highest BCUT2D eigenvalue weighted by Crippen LogP contribution is 2.39. The molecule has 0 saturated carbocycles.